The summed E-state index contributed by atoms with van der Waals surface area (Å²) in [4.78, 5) is 11.4. The summed E-state index contributed by atoms with van der Waals surface area (Å²) >= 11 is 2.56. The molecule has 0 heterocycles. The van der Waals surface area contributed by atoms with E-state index in [1.54, 1.807) is 0 Å². The molecule has 1 fully saturated rings. The van der Waals surface area contributed by atoms with Crippen LogP contribution in [-0.2, 0) is 4.79 Å². The summed E-state index contributed by atoms with van der Waals surface area (Å²) in [5.74, 6) is -0.0433. The zero-order chi connectivity index (χ0) is 12.2. The maximum absolute atomic E-state index is 11.4. The lowest BCUT2D eigenvalue weighted by Crippen LogP contribution is -2.46. The van der Waals surface area contributed by atoms with Crippen LogP contribution in [0.3, 0.4) is 0 Å². The van der Waals surface area contributed by atoms with Crippen LogP contribution < -0.4 is 5.32 Å². The molecule has 16 heavy (non-hydrogen) atoms. The predicted molar refractivity (Wildman–Crippen MR) is 76.9 cm³/mol. The summed E-state index contributed by atoms with van der Waals surface area (Å²) in [5.41, 5.74) is -0.0435. The van der Waals surface area contributed by atoms with Crippen molar-refractivity contribution in [3.8, 4) is 0 Å². The van der Waals surface area contributed by atoms with E-state index in [9.17, 15) is 4.79 Å². The highest BCUT2D eigenvalue weighted by molar-refractivity contribution is 14.1. The molecule has 0 spiro atoms. The average molecular weight is 335 g/mol. The molecule has 1 rings (SSSR count). The van der Waals surface area contributed by atoms with Crippen molar-refractivity contribution in [1.82, 2.24) is 5.32 Å². The predicted octanol–water partition coefficient (Wildman–Crippen LogP) is 3.60. The molecule has 3 heteroatoms. The Hall–Kier alpha value is -0.0600. The number of rotatable bonds is 2. The molecule has 0 saturated heterocycles. The number of alkyl halides is 1. The van der Waals surface area contributed by atoms with Crippen molar-refractivity contribution in [3.63, 3.8) is 0 Å². The van der Waals surface area contributed by atoms with Gasteiger partial charge < -0.3 is 5.32 Å². The van der Waals surface area contributed by atoms with Crippen molar-refractivity contribution in [2.45, 2.75) is 61.3 Å². The topological polar surface area (TPSA) is 29.1 Å². The van der Waals surface area contributed by atoms with E-state index in [0.29, 0.717) is 3.42 Å². The van der Waals surface area contributed by atoms with Crippen molar-refractivity contribution in [2.24, 2.45) is 0 Å². The molecule has 0 bridgehead atoms. The Kier molecular flexibility index (Phi) is 4.83. The first-order valence-electron chi connectivity index (χ1n) is 6.00. The highest BCUT2D eigenvalue weighted by Gasteiger charge is 2.31. The van der Waals surface area contributed by atoms with Gasteiger partial charge >= 0.3 is 0 Å². The summed E-state index contributed by atoms with van der Waals surface area (Å²) in [6, 6.07) is 0. The SMILES string of the molecule is C=CC(=O)NC1(C)CCCCC(C)(I)CC1. The molecule has 0 radical (unpaired) electrons. The van der Waals surface area contributed by atoms with Crippen molar-refractivity contribution < 1.29 is 4.79 Å². The number of hydrogen-bond donors (Lipinski definition) is 1. The normalized spacial score (nSPS) is 35.9. The van der Waals surface area contributed by atoms with Gasteiger partial charge in [0.2, 0.25) is 5.91 Å². The monoisotopic (exact) mass is 335 g/mol. The molecule has 0 aromatic heterocycles. The molecular weight excluding hydrogens is 313 g/mol. The summed E-state index contributed by atoms with van der Waals surface area (Å²) in [5, 5.41) is 3.09. The van der Waals surface area contributed by atoms with E-state index < -0.39 is 0 Å². The van der Waals surface area contributed by atoms with Gasteiger partial charge in [0.1, 0.15) is 0 Å². The van der Waals surface area contributed by atoms with E-state index in [0.717, 1.165) is 12.8 Å². The lowest BCUT2D eigenvalue weighted by molar-refractivity contribution is -0.118. The van der Waals surface area contributed by atoms with Crippen LogP contribution in [0.2, 0.25) is 0 Å². The van der Waals surface area contributed by atoms with Crippen molar-refractivity contribution in [2.75, 3.05) is 0 Å². The molecule has 1 aliphatic rings. The fourth-order valence-corrected chi connectivity index (χ4v) is 2.92. The first kappa shape index (κ1) is 14.0. The van der Waals surface area contributed by atoms with Gasteiger partial charge in [0.15, 0.2) is 0 Å². The Balaban J connectivity index is 2.63. The van der Waals surface area contributed by atoms with E-state index in [2.05, 4.69) is 48.3 Å². The lowest BCUT2D eigenvalue weighted by atomic mass is 9.82. The zero-order valence-electron chi connectivity index (χ0n) is 10.3. The maximum Gasteiger partial charge on any atom is 0.243 e. The minimum absolute atomic E-state index is 0.0433. The van der Waals surface area contributed by atoms with Crippen LogP contribution in [0.15, 0.2) is 12.7 Å². The van der Waals surface area contributed by atoms with Gasteiger partial charge in [-0.1, -0.05) is 48.9 Å². The van der Waals surface area contributed by atoms with E-state index in [-0.39, 0.29) is 11.4 Å². The maximum atomic E-state index is 11.4. The molecule has 2 atom stereocenters. The van der Waals surface area contributed by atoms with E-state index in [1.165, 1.54) is 31.8 Å². The van der Waals surface area contributed by atoms with Gasteiger partial charge in [-0.3, -0.25) is 4.79 Å². The molecule has 0 aromatic rings. The van der Waals surface area contributed by atoms with Gasteiger partial charge in [0, 0.05) is 8.96 Å². The van der Waals surface area contributed by atoms with Gasteiger partial charge in [-0.25, -0.2) is 0 Å². The average Bonchev–Trinajstić information content (AvgIpc) is 2.21. The van der Waals surface area contributed by atoms with Crippen LogP contribution in [0, 0.1) is 0 Å². The van der Waals surface area contributed by atoms with Crippen molar-refractivity contribution in [3.05, 3.63) is 12.7 Å². The van der Waals surface area contributed by atoms with Crippen LogP contribution >= 0.6 is 22.6 Å². The third-order valence-corrected chi connectivity index (χ3v) is 4.56. The van der Waals surface area contributed by atoms with Gasteiger partial charge in [-0.15, -0.1) is 0 Å². The molecule has 1 aliphatic carbocycles. The fourth-order valence-electron chi connectivity index (χ4n) is 2.27. The zero-order valence-corrected chi connectivity index (χ0v) is 12.5. The van der Waals surface area contributed by atoms with E-state index in [4.69, 9.17) is 0 Å². The molecule has 2 nitrogen and oxygen atoms in total. The Morgan fingerprint density at radius 3 is 2.50 bits per heavy atom. The lowest BCUT2D eigenvalue weighted by Gasteiger charge is -2.36. The van der Waals surface area contributed by atoms with Gasteiger partial charge in [0.05, 0.1) is 0 Å². The standard InChI is InChI=1S/C13H22INO/c1-4-11(16)15-13(3)8-6-5-7-12(2,14)9-10-13/h4H,1,5-10H2,2-3H3,(H,15,16). The molecule has 0 aliphatic heterocycles. The first-order chi connectivity index (χ1) is 7.37. The molecule has 1 amide bonds. The van der Waals surface area contributed by atoms with Crippen LogP contribution in [0.1, 0.15) is 52.4 Å². The number of carbonyl (C=O) groups is 1. The fraction of sp³-hybridized carbons (Fsp3) is 0.769. The van der Waals surface area contributed by atoms with Crippen LogP contribution in [-0.4, -0.2) is 14.9 Å². The summed E-state index contributed by atoms with van der Waals surface area (Å²) < 4.78 is 0.387. The number of amides is 1. The Morgan fingerprint density at radius 2 is 1.88 bits per heavy atom. The van der Waals surface area contributed by atoms with Crippen LogP contribution in [0.5, 0.6) is 0 Å². The summed E-state index contributed by atoms with van der Waals surface area (Å²) in [6.45, 7) is 7.99. The Bertz CT molecular complexity index is 275. The second-order valence-electron chi connectivity index (χ2n) is 5.37. The first-order valence-corrected chi connectivity index (χ1v) is 7.08. The molecule has 1 saturated carbocycles. The molecular formula is C13H22INO. The van der Waals surface area contributed by atoms with Crippen LogP contribution in [0.4, 0.5) is 0 Å². The van der Waals surface area contributed by atoms with Crippen LogP contribution in [0.25, 0.3) is 0 Å². The van der Waals surface area contributed by atoms with Crippen molar-refractivity contribution in [1.29, 1.82) is 0 Å². The summed E-state index contributed by atoms with van der Waals surface area (Å²) in [6.07, 6.45) is 8.44. The number of hydrogen-bond acceptors (Lipinski definition) is 1. The molecule has 1 N–H and O–H groups in total. The highest BCUT2D eigenvalue weighted by Crippen LogP contribution is 2.36. The highest BCUT2D eigenvalue weighted by atomic mass is 127. The molecule has 92 valence electrons. The smallest absolute Gasteiger partial charge is 0.243 e. The van der Waals surface area contributed by atoms with Gasteiger partial charge in [-0.05, 0) is 38.7 Å². The number of carbonyl (C=O) groups excluding carboxylic acids is 1. The van der Waals surface area contributed by atoms with E-state index >= 15 is 0 Å². The second kappa shape index (κ2) is 5.52. The largest absolute Gasteiger partial charge is 0.347 e. The van der Waals surface area contributed by atoms with Gasteiger partial charge in [-0.2, -0.15) is 0 Å². The molecule has 0 aromatic carbocycles. The Morgan fingerprint density at radius 1 is 1.25 bits per heavy atom. The third kappa shape index (κ3) is 4.44. The van der Waals surface area contributed by atoms with Crippen molar-refractivity contribution >= 4 is 28.5 Å². The second-order valence-corrected chi connectivity index (χ2v) is 7.98. The minimum Gasteiger partial charge on any atom is -0.347 e. The number of nitrogens with one attached hydrogen (secondary N) is 1. The minimum atomic E-state index is -0.0435. The van der Waals surface area contributed by atoms with Gasteiger partial charge in [0.25, 0.3) is 0 Å². The number of halogens is 1. The molecule has 2 unspecified atom stereocenters. The third-order valence-electron chi connectivity index (χ3n) is 3.49. The quantitative estimate of drug-likeness (QED) is 0.466. The van der Waals surface area contributed by atoms with E-state index in [1.807, 2.05) is 0 Å². The Labute approximate surface area is 112 Å². The summed E-state index contributed by atoms with van der Waals surface area (Å²) in [7, 11) is 0.